The Morgan fingerprint density at radius 2 is 1.09 bits per heavy atom. The van der Waals surface area contributed by atoms with E-state index in [1.165, 1.54) is 0 Å². The van der Waals surface area contributed by atoms with E-state index in [9.17, 15) is 0 Å². The zero-order valence-electron chi connectivity index (χ0n) is 12.0. The maximum Gasteiger partial charge on any atom is 0.121 e. The highest BCUT2D eigenvalue weighted by Crippen LogP contribution is 2.36. The van der Waals surface area contributed by atoms with Gasteiger partial charge in [-0.2, -0.15) is 5.43 Å². The van der Waals surface area contributed by atoms with Crippen LogP contribution in [0.15, 0.2) is 72.8 Å². The van der Waals surface area contributed by atoms with E-state index in [2.05, 4.69) is 5.43 Å². The summed E-state index contributed by atoms with van der Waals surface area (Å²) in [5, 5.41) is 3.07. The predicted octanol–water partition coefficient (Wildman–Crippen LogP) is 6.64. The lowest BCUT2D eigenvalue weighted by atomic mass is 10.2. The van der Waals surface area contributed by atoms with Crippen molar-refractivity contribution in [2.75, 3.05) is 5.01 Å². The zero-order valence-corrected chi connectivity index (χ0v) is 14.2. The van der Waals surface area contributed by atoms with Crippen LogP contribution in [0, 0.1) is 0 Å². The Bertz CT molecular complexity index is 729. The number of benzene rings is 3. The molecule has 0 fully saturated rings. The standard InChI is InChI=1S/C18H12Cl3N2/c19-13-11-16(20)18(17(21)12-13)22-23(14-7-3-1-4-8-14)15-9-5-2-6-10-15/h1-12H. The summed E-state index contributed by atoms with van der Waals surface area (Å²) in [6, 6.07) is 22.8. The molecule has 23 heavy (non-hydrogen) atoms. The highest BCUT2D eigenvalue weighted by molar-refractivity contribution is 6.41. The number of nitrogens with zero attached hydrogens (tertiary/aromatic N) is 2. The van der Waals surface area contributed by atoms with Gasteiger partial charge in [-0.15, -0.1) is 0 Å². The number of anilines is 2. The minimum Gasteiger partial charge on any atom is -0.233 e. The van der Waals surface area contributed by atoms with E-state index >= 15 is 0 Å². The van der Waals surface area contributed by atoms with Crippen LogP contribution in [-0.4, -0.2) is 0 Å². The van der Waals surface area contributed by atoms with Crippen LogP contribution in [0.2, 0.25) is 15.1 Å². The van der Waals surface area contributed by atoms with E-state index in [1.54, 1.807) is 17.1 Å². The largest absolute Gasteiger partial charge is 0.233 e. The van der Waals surface area contributed by atoms with Gasteiger partial charge in [0.05, 0.1) is 21.4 Å². The van der Waals surface area contributed by atoms with Gasteiger partial charge in [-0.05, 0) is 36.4 Å². The van der Waals surface area contributed by atoms with Gasteiger partial charge in [-0.25, -0.2) is 5.01 Å². The molecule has 0 saturated carbocycles. The van der Waals surface area contributed by atoms with Crippen LogP contribution in [0.25, 0.3) is 0 Å². The molecule has 2 nitrogen and oxygen atoms in total. The summed E-state index contributed by atoms with van der Waals surface area (Å²) >= 11 is 18.5. The molecule has 0 heterocycles. The first-order valence-electron chi connectivity index (χ1n) is 6.91. The molecule has 1 radical (unpaired) electrons. The molecule has 115 valence electrons. The van der Waals surface area contributed by atoms with Crippen LogP contribution in [0.1, 0.15) is 0 Å². The first kappa shape index (κ1) is 16.0. The van der Waals surface area contributed by atoms with Gasteiger partial charge in [0.25, 0.3) is 0 Å². The second-order valence-corrected chi connectivity index (χ2v) is 6.05. The van der Waals surface area contributed by atoms with E-state index < -0.39 is 0 Å². The molecule has 3 aromatic rings. The van der Waals surface area contributed by atoms with Gasteiger partial charge in [-0.1, -0.05) is 71.2 Å². The number of para-hydroxylation sites is 2. The molecule has 0 aliphatic heterocycles. The van der Waals surface area contributed by atoms with Gasteiger partial charge in [0.15, 0.2) is 0 Å². The molecular weight excluding hydrogens is 351 g/mol. The zero-order chi connectivity index (χ0) is 16.2. The molecule has 0 saturated heterocycles. The SMILES string of the molecule is Clc1cc(Cl)c([N]N(c2ccccc2)c2ccccc2)c(Cl)c1. The van der Waals surface area contributed by atoms with E-state index in [1.807, 2.05) is 60.7 Å². The van der Waals surface area contributed by atoms with Gasteiger partial charge in [0.2, 0.25) is 0 Å². The Labute approximate surface area is 150 Å². The van der Waals surface area contributed by atoms with Crippen molar-refractivity contribution in [3.8, 4) is 0 Å². The van der Waals surface area contributed by atoms with Gasteiger partial charge >= 0.3 is 0 Å². The fourth-order valence-electron chi connectivity index (χ4n) is 2.13. The quantitative estimate of drug-likeness (QED) is 0.476. The fourth-order valence-corrected chi connectivity index (χ4v) is 3.03. The lowest BCUT2D eigenvalue weighted by Gasteiger charge is -2.24. The first-order chi connectivity index (χ1) is 11.1. The second kappa shape index (κ2) is 7.14. The Kier molecular flexibility index (Phi) is 4.97. The Balaban J connectivity index is 2.04. The molecule has 0 bridgehead atoms. The minimum absolute atomic E-state index is 0.402. The monoisotopic (exact) mass is 361 g/mol. The summed E-state index contributed by atoms with van der Waals surface area (Å²) in [6.07, 6.45) is 0. The first-order valence-corrected chi connectivity index (χ1v) is 8.05. The number of halogens is 3. The van der Waals surface area contributed by atoms with E-state index in [4.69, 9.17) is 34.8 Å². The Morgan fingerprint density at radius 3 is 1.52 bits per heavy atom. The smallest absolute Gasteiger partial charge is 0.121 e. The average molecular weight is 363 g/mol. The highest BCUT2D eigenvalue weighted by Gasteiger charge is 2.16. The molecule has 0 aromatic heterocycles. The van der Waals surface area contributed by atoms with Crippen LogP contribution in [-0.2, 0) is 0 Å². The van der Waals surface area contributed by atoms with Crippen LogP contribution >= 0.6 is 34.8 Å². The Hall–Kier alpha value is -1.87. The van der Waals surface area contributed by atoms with Gasteiger partial charge in [-0.3, -0.25) is 0 Å². The van der Waals surface area contributed by atoms with Crippen molar-refractivity contribution in [3.63, 3.8) is 0 Å². The fraction of sp³-hybridized carbons (Fsp3) is 0. The van der Waals surface area contributed by atoms with Gasteiger partial charge in [0.1, 0.15) is 5.69 Å². The maximum absolute atomic E-state index is 6.26. The van der Waals surface area contributed by atoms with Crippen molar-refractivity contribution < 1.29 is 0 Å². The Morgan fingerprint density at radius 1 is 0.652 bits per heavy atom. The molecule has 0 aliphatic rings. The highest BCUT2D eigenvalue weighted by atomic mass is 35.5. The van der Waals surface area contributed by atoms with Crippen molar-refractivity contribution in [2.24, 2.45) is 0 Å². The second-order valence-electron chi connectivity index (χ2n) is 4.80. The van der Waals surface area contributed by atoms with E-state index in [-0.39, 0.29) is 0 Å². The lowest BCUT2D eigenvalue weighted by Crippen LogP contribution is -2.23. The third-order valence-electron chi connectivity index (χ3n) is 3.18. The summed E-state index contributed by atoms with van der Waals surface area (Å²) in [5.74, 6) is 0. The molecule has 0 aliphatic carbocycles. The van der Waals surface area contributed by atoms with Crippen LogP contribution < -0.4 is 10.4 Å². The molecule has 3 aromatic carbocycles. The summed E-state index contributed by atoms with van der Waals surface area (Å²) in [5.41, 5.74) is 6.93. The maximum atomic E-state index is 6.26. The minimum atomic E-state index is 0.402. The molecule has 0 amide bonds. The van der Waals surface area contributed by atoms with Crippen molar-refractivity contribution in [3.05, 3.63) is 87.9 Å². The molecule has 0 atom stereocenters. The third-order valence-corrected chi connectivity index (χ3v) is 3.98. The van der Waals surface area contributed by atoms with Crippen LogP contribution in [0.5, 0.6) is 0 Å². The lowest BCUT2D eigenvalue weighted by molar-refractivity contribution is 0.881. The van der Waals surface area contributed by atoms with E-state index in [0.717, 1.165) is 11.4 Å². The number of hydrogen-bond acceptors (Lipinski definition) is 1. The molecule has 0 unspecified atom stereocenters. The number of rotatable bonds is 4. The van der Waals surface area contributed by atoms with Crippen molar-refractivity contribution in [2.45, 2.75) is 0 Å². The molecule has 0 spiro atoms. The predicted molar refractivity (Wildman–Crippen MR) is 98.3 cm³/mol. The third kappa shape index (κ3) is 3.73. The van der Waals surface area contributed by atoms with E-state index in [0.29, 0.717) is 20.8 Å². The van der Waals surface area contributed by atoms with Crippen molar-refractivity contribution in [1.29, 1.82) is 0 Å². The molecule has 5 heteroatoms. The average Bonchev–Trinajstić information content (AvgIpc) is 2.56. The van der Waals surface area contributed by atoms with Gasteiger partial charge in [0, 0.05) is 5.02 Å². The summed E-state index contributed by atoms with van der Waals surface area (Å²) in [6.45, 7) is 0. The van der Waals surface area contributed by atoms with Crippen LogP contribution in [0.3, 0.4) is 0 Å². The van der Waals surface area contributed by atoms with Crippen LogP contribution in [0.4, 0.5) is 17.1 Å². The molecular formula is C18H12Cl3N2. The summed E-state index contributed by atoms with van der Waals surface area (Å²) < 4.78 is 0. The molecule has 0 N–H and O–H groups in total. The summed E-state index contributed by atoms with van der Waals surface area (Å²) in [7, 11) is 0. The topological polar surface area (TPSA) is 17.3 Å². The molecule has 3 rings (SSSR count). The van der Waals surface area contributed by atoms with Crippen molar-refractivity contribution >= 4 is 51.9 Å². The summed E-state index contributed by atoms with van der Waals surface area (Å²) in [4.78, 5) is 0. The number of hydrogen-bond donors (Lipinski definition) is 0. The normalized spacial score (nSPS) is 10.4. The van der Waals surface area contributed by atoms with Gasteiger partial charge < -0.3 is 0 Å². The van der Waals surface area contributed by atoms with Crippen molar-refractivity contribution in [1.82, 2.24) is 5.43 Å².